The summed E-state index contributed by atoms with van der Waals surface area (Å²) in [5.74, 6) is -0.693. The Morgan fingerprint density at radius 1 is 0.447 bits per heavy atom. The van der Waals surface area contributed by atoms with Crippen LogP contribution in [-0.4, -0.2) is 37.4 Å². The van der Waals surface area contributed by atoms with E-state index in [9.17, 15) is 19.2 Å². The smallest absolute Gasteiger partial charge is 0.261 e. The molecule has 196 valence electrons. The molecule has 0 unspecified atom stereocenters. The molecule has 4 aliphatic carbocycles. The minimum atomic E-state index is -0.445. The van der Waals surface area contributed by atoms with E-state index >= 15 is 0 Å². The van der Waals surface area contributed by atoms with Gasteiger partial charge < -0.3 is 9.47 Å². The van der Waals surface area contributed by atoms with Gasteiger partial charge in [0.15, 0.2) is 17.3 Å². The lowest BCUT2D eigenvalue weighted by atomic mass is 9.91. The quantitative estimate of drug-likeness (QED) is 0.371. The molecule has 10 heteroatoms. The lowest BCUT2D eigenvalue weighted by Crippen LogP contribution is -2.14. The summed E-state index contributed by atoms with van der Waals surface area (Å²) in [6.45, 7) is 3.55. The Morgan fingerprint density at radius 2 is 0.737 bits per heavy atom. The molecule has 0 amide bonds. The minimum absolute atomic E-state index is 0.00375. The molecule has 4 aliphatic rings. The zero-order chi connectivity index (χ0) is 28.3. The summed E-state index contributed by atoms with van der Waals surface area (Å²) in [4.78, 5) is 46.4. The Bertz CT molecular complexity index is 1330. The summed E-state index contributed by atoms with van der Waals surface area (Å²) in [7, 11) is 2.88. The van der Waals surface area contributed by atoms with Crippen molar-refractivity contribution in [3.63, 3.8) is 0 Å². The molecular formula is C28H20Cl4O6. The standard InChI is InChI=1S/C16H16O4.C12H4Cl4O2/c1-9-5-11(6-10(2)15(9)17)12-7-13(19-3)16(18)14(8-12)20-4;13-7-1-5(2-8(14)11(7)17)6-3-9(15)12(18)10(16)4-6/h5-8H,1-4H3;1-4H. The van der Waals surface area contributed by atoms with Crippen LogP contribution in [0.2, 0.25) is 0 Å². The molecule has 38 heavy (non-hydrogen) atoms. The van der Waals surface area contributed by atoms with Crippen LogP contribution >= 0.6 is 46.4 Å². The maximum atomic E-state index is 11.9. The maximum absolute atomic E-state index is 11.9. The van der Waals surface area contributed by atoms with Gasteiger partial charge in [-0.3, -0.25) is 19.2 Å². The number of rotatable bonds is 2. The lowest BCUT2D eigenvalue weighted by Gasteiger charge is -2.17. The molecule has 0 spiro atoms. The third-order valence-corrected chi connectivity index (χ3v) is 6.71. The number of ketones is 4. The number of hydrogen-bond donors (Lipinski definition) is 0. The number of methoxy groups -OCH3 is 2. The van der Waals surface area contributed by atoms with Gasteiger partial charge in [-0.15, -0.1) is 0 Å². The lowest BCUT2D eigenvalue weighted by molar-refractivity contribution is -0.118. The first-order valence-corrected chi connectivity index (χ1v) is 12.4. The summed E-state index contributed by atoms with van der Waals surface area (Å²) in [6, 6.07) is 0. The molecule has 0 aromatic carbocycles. The van der Waals surface area contributed by atoms with Gasteiger partial charge in [-0.2, -0.15) is 0 Å². The molecule has 0 fully saturated rings. The zero-order valence-corrected chi connectivity index (χ0v) is 23.6. The van der Waals surface area contributed by atoms with Crippen LogP contribution in [0.3, 0.4) is 0 Å². The van der Waals surface area contributed by atoms with Crippen molar-refractivity contribution in [1.29, 1.82) is 0 Å². The van der Waals surface area contributed by atoms with E-state index < -0.39 is 11.6 Å². The largest absolute Gasteiger partial charge is 0.492 e. The highest BCUT2D eigenvalue weighted by molar-refractivity contribution is 6.56. The monoisotopic (exact) mass is 592 g/mol. The van der Waals surface area contributed by atoms with E-state index in [1.807, 2.05) is 0 Å². The minimum Gasteiger partial charge on any atom is -0.492 e. The predicted molar refractivity (Wildman–Crippen MR) is 148 cm³/mol. The van der Waals surface area contributed by atoms with Gasteiger partial charge in [-0.25, -0.2) is 0 Å². The fourth-order valence-electron chi connectivity index (χ4n) is 3.62. The van der Waals surface area contributed by atoms with E-state index in [1.165, 1.54) is 38.5 Å². The molecule has 0 atom stereocenters. The fraction of sp³-hybridized carbons (Fsp3) is 0.143. The van der Waals surface area contributed by atoms with Crippen LogP contribution in [0, 0.1) is 0 Å². The van der Waals surface area contributed by atoms with Gasteiger partial charge >= 0.3 is 0 Å². The van der Waals surface area contributed by atoms with Crippen LogP contribution in [0.1, 0.15) is 13.8 Å². The Hall–Kier alpha value is -3.16. The number of hydrogen-bond acceptors (Lipinski definition) is 6. The van der Waals surface area contributed by atoms with Crippen molar-refractivity contribution in [1.82, 2.24) is 0 Å². The van der Waals surface area contributed by atoms with Crippen LogP contribution in [0.4, 0.5) is 0 Å². The predicted octanol–water partition coefficient (Wildman–Crippen LogP) is 6.34. The molecule has 0 bridgehead atoms. The molecule has 0 N–H and O–H groups in total. The third kappa shape index (κ3) is 6.27. The highest BCUT2D eigenvalue weighted by Gasteiger charge is 2.24. The summed E-state index contributed by atoms with van der Waals surface area (Å²) in [6.07, 6.45) is 12.7. The number of Topliss-reactive ketones (excluding diaryl/α,β-unsaturated/α-hetero) is 4. The second-order valence-corrected chi connectivity index (χ2v) is 9.82. The van der Waals surface area contributed by atoms with E-state index in [0.29, 0.717) is 22.3 Å². The molecule has 0 aromatic rings. The number of carbonyl (C=O) groups excluding carboxylic acids is 4. The average molecular weight is 594 g/mol. The SMILES string of the molecule is COC1=CC(=C2C=C(C)C(=O)C(C)=C2)C=C(OC)C1=O.O=C1C(Cl)=CC(=C2C=C(Cl)C(=O)C(Cl)=C2)C=C1Cl. The van der Waals surface area contributed by atoms with Crippen LogP contribution in [0.25, 0.3) is 0 Å². The van der Waals surface area contributed by atoms with Crippen molar-refractivity contribution in [2.75, 3.05) is 14.2 Å². The van der Waals surface area contributed by atoms with E-state index in [4.69, 9.17) is 55.9 Å². The summed E-state index contributed by atoms with van der Waals surface area (Å²) < 4.78 is 10.2. The van der Waals surface area contributed by atoms with Gasteiger partial charge in [0, 0.05) is 0 Å². The van der Waals surface area contributed by atoms with E-state index in [-0.39, 0.29) is 43.2 Å². The second kappa shape index (κ2) is 12.1. The van der Waals surface area contributed by atoms with Crippen molar-refractivity contribution in [2.24, 2.45) is 0 Å². The van der Waals surface area contributed by atoms with Crippen molar-refractivity contribution in [3.8, 4) is 0 Å². The molecule has 6 nitrogen and oxygen atoms in total. The topological polar surface area (TPSA) is 86.7 Å². The Morgan fingerprint density at radius 3 is 1.05 bits per heavy atom. The van der Waals surface area contributed by atoms with Gasteiger partial charge in [0.1, 0.15) is 0 Å². The molecule has 4 rings (SSSR count). The van der Waals surface area contributed by atoms with E-state index in [1.54, 1.807) is 38.2 Å². The highest BCUT2D eigenvalue weighted by atomic mass is 35.5. The number of allylic oxidation sites excluding steroid dienone is 18. The van der Waals surface area contributed by atoms with Gasteiger partial charge in [0.25, 0.3) is 5.78 Å². The molecule has 0 aliphatic heterocycles. The molecular weight excluding hydrogens is 574 g/mol. The molecule has 0 heterocycles. The van der Waals surface area contributed by atoms with Crippen LogP contribution in [0.15, 0.2) is 114 Å². The number of ether oxygens (including phenoxy) is 2. The van der Waals surface area contributed by atoms with Crippen LogP contribution in [0.5, 0.6) is 0 Å². The van der Waals surface area contributed by atoms with E-state index in [2.05, 4.69) is 0 Å². The second-order valence-electron chi connectivity index (χ2n) is 8.19. The molecule has 0 aromatic heterocycles. The van der Waals surface area contributed by atoms with Gasteiger partial charge in [0.2, 0.25) is 11.6 Å². The third-order valence-electron chi connectivity index (χ3n) is 5.58. The summed E-state index contributed by atoms with van der Waals surface area (Å²) in [5.41, 5.74) is 4.11. The summed E-state index contributed by atoms with van der Waals surface area (Å²) in [5, 5.41) is -0.0150. The number of carbonyl (C=O) groups is 4. The molecule has 0 saturated heterocycles. The zero-order valence-electron chi connectivity index (χ0n) is 20.6. The average Bonchev–Trinajstić information content (AvgIpc) is 2.88. The van der Waals surface area contributed by atoms with Crippen LogP contribution in [-0.2, 0) is 28.7 Å². The van der Waals surface area contributed by atoms with Gasteiger partial charge in [-0.05, 0) is 95.9 Å². The van der Waals surface area contributed by atoms with Crippen molar-refractivity contribution in [2.45, 2.75) is 13.8 Å². The Kier molecular flexibility index (Phi) is 9.39. The van der Waals surface area contributed by atoms with Crippen molar-refractivity contribution in [3.05, 3.63) is 114 Å². The summed E-state index contributed by atoms with van der Waals surface area (Å²) >= 11 is 23.0. The van der Waals surface area contributed by atoms with Gasteiger partial charge in [-0.1, -0.05) is 46.4 Å². The van der Waals surface area contributed by atoms with Crippen LogP contribution < -0.4 is 0 Å². The fourth-order valence-corrected chi connectivity index (χ4v) is 4.59. The number of halogens is 4. The maximum Gasteiger partial charge on any atom is 0.261 e. The first-order valence-electron chi connectivity index (χ1n) is 10.9. The first-order chi connectivity index (χ1) is 17.9. The molecule has 0 radical (unpaired) electrons. The first kappa shape index (κ1) is 29.4. The van der Waals surface area contributed by atoms with Crippen molar-refractivity contribution >= 4 is 69.5 Å². The normalized spacial score (nSPS) is 19.8. The van der Waals surface area contributed by atoms with Gasteiger partial charge in [0.05, 0.1) is 34.3 Å². The highest BCUT2D eigenvalue weighted by Crippen LogP contribution is 2.31. The van der Waals surface area contributed by atoms with Crippen molar-refractivity contribution < 1.29 is 28.7 Å². The van der Waals surface area contributed by atoms with E-state index in [0.717, 1.165) is 11.1 Å². The Balaban J connectivity index is 0.000000212. The Labute approximate surface area is 239 Å². The molecule has 0 saturated carbocycles.